The van der Waals surface area contributed by atoms with Gasteiger partial charge < -0.3 is 10.1 Å². The molecule has 1 aliphatic rings. The maximum atomic E-state index is 13.4. The molecule has 194 valence electrons. The van der Waals surface area contributed by atoms with Crippen molar-refractivity contribution in [3.63, 3.8) is 0 Å². The molecule has 4 rings (SSSR count). The summed E-state index contributed by atoms with van der Waals surface area (Å²) in [6.07, 6.45) is 4.08. The van der Waals surface area contributed by atoms with Crippen molar-refractivity contribution in [3.05, 3.63) is 102 Å². The standard InChI is InChI=1S/C28H31N3O5S/c32-27(30-20-24-14-9-16-29-19-24)26(18-22-10-3-1-4-11-22)36-28(33)25-15-7-8-17-31(25)37(34,35)21-23-12-5-2-6-13-23/h1-6,9-14,16,19,25-26H,7-8,15,17-18,20-21H2,(H,30,32)/t25-,26-/m0/s1. The number of hydrogen-bond acceptors (Lipinski definition) is 6. The van der Waals surface area contributed by atoms with Crippen molar-refractivity contribution < 1.29 is 22.7 Å². The van der Waals surface area contributed by atoms with E-state index in [-0.39, 0.29) is 25.3 Å². The fourth-order valence-electron chi connectivity index (χ4n) is 4.38. The number of esters is 1. The van der Waals surface area contributed by atoms with E-state index in [9.17, 15) is 18.0 Å². The first kappa shape index (κ1) is 26.5. The maximum Gasteiger partial charge on any atom is 0.325 e. The van der Waals surface area contributed by atoms with E-state index >= 15 is 0 Å². The Balaban J connectivity index is 1.49. The summed E-state index contributed by atoms with van der Waals surface area (Å²) in [6.45, 7) is 0.474. The van der Waals surface area contributed by atoms with Gasteiger partial charge in [-0.05, 0) is 42.0 Å². The molecule has 2 heterocycles. The second-order valence-electron chi connectivity index (χ2n) is 9.06. The van der Waals surface area contributed by atoms with E-state index in [4.69, 9.17) is 4.74 Å². The molecule has 2 atom stereocenters. The number of nitrogens with one attached hydrogen (secondary N) is 1. The predicted octanol–water partition coefficient (Wildman–Crippen LogP) is 3.24. The minimum absolute atomic E-state index is 0.176. The molecule has 37 heavy (non-hydrogen) atoms. The summed E-state index contributed by atoms with van der Waals surface area (Å²) < 4.78 is 33.5. The second kappa shape index (κ2) is 12.6. The van der Waals surface area contributed by atoms with Crippen LogP contribution in [0.1, 0.15) is 36.0 Å². The van der Waals surface area contributed by atoms with Crippen LogP contribution in [0.25, 0.3) is 0 Å². The first-order valence-corrected chi connectivity index (χ1v) is 14.0. The lowest BCUT2D eigenvalue weighted by Gasteiger charge is -2.34. The van der Waals surface area contributed by atoms with Gasteiger partial charge in [0.05, 0.1) is 5.75 Å². The number of pyridine rings is 1. The number of carbonyl (C=O) groups is 2. The van der Waals surface area contributed by atoms with Gasteiger partial charge >= 0.3 is 5.97 Å². The fourth-order valence-corrected chi connectivity index (χ4v) is 6.15. The summed E-state index contributed by atoms with van der Waals surface area (Å²) in [5.74, 6) is -1.35. The minimum Gasteiger partial charge on any atom is -0.451 e. The first-order valence-electron chi connectivity index (χ1n) is 12.4. The Morgan fingerprint density at radius 3 is 2.30 bits per heavy atom. The first-order chi connectivity index (χ1) is 17.9. The van der Waals surface area contributed by atoms with E-state index in [2.05, 4.69) is 10.3 Å². The highest BCUT2D eigenvalue weighted by atomic mass is 32.2. The number of aromatic nitrogens is 1. The van der Waals surface area contributed by atoms with Crippen LogP contribution in [0, 0.1) is 0 Å². The number of ether oxygens (including phenoxy) is 1. The van der Waals surface area contributed by atoms with Gasteiger partial charge in [0, 0.05) is 31.9 Å². The molecule has 0 bridgehead atoms. The van der Waals surface area contributed by atoms with Crippen molar-refractivity contribution in [2.45, 2.75) is 50.1 Å². The summed E-state index contributed by atoms with van der Waals surface area (Å²) in [4.78, 5) is 30.5. The Morgan fingerprint density at radius 2 is 1.62 bits per heavy atom. The quantitative estimate of drug-likeness (QED) is 0.411. The monoisotopic (exact) mass is 521 g/mol. The van der Waals surface area contributed by atoms with Crippen LogP contribution in [-0.4, -0.2) is 48.3 Å². The summed E-state index contributed by atoms with van der Waals surface area (Å²) >= 11 is 0. The minimum atomic E-state index is -3.77. The van der Waals surface area contributed by atoms with Crippen LogP contribution in [0.15, 0.2) is 85.2 Å². The topological polar surface area (TPSA) is 106 Å². The number of nitrogens with zero attached hydrogens (tertiary/aromatic N) is 2. The van der Waals surface area contributed by atoms with E-state index in [0.29, 0.717) is 24.8 Å². The van der Waals surface area contributed by atoms with E-state index in [0.717, 1.165) is 11.1 Å². The molecule has 1 aliphatic heterocycles. The molecule has 1 N–H and O–H groups in total. The fraction of sp³-hybridized carbons (Fsp3) is 0.321. The van der Waals surface area contributed by atoms with Gasteiger partial charge in [-0.15, -0.1) is 0 Å². The summed E-state index contributed by atoms with van der Waals surface area (Å²) in [5, 5.41) is 2.81. The molecule has 0 radical (unpaired) electrons. The third kappa shape index (κ3) is 7.47. The van der Waals surface area contributed by atoms with Gasteiger partial charge in [0.2, 0.25) is 10.0 Å². The molecule has 8 nitrogen and oxygen atoms in total. The van der Waals surface area contributed by atoms with Crippen LogP contribution >= 0.6 is 0 Å². The van der Waals surface area contributed by atoms with E-state index in [1.807, 2.05) is 42.5 Å². The number of benzene rings is 2. The molecule has 1 fully saturated rings. The zero-order valence-electron chi connectivity index (χ0n) is 20.5. The highest BCUT2D eigenvalue weighted by molar-refractivity contribution is 7.88. The van der Waals surface area contributed by atoms with Crippen molar-refractivity contribution in [2.75, 3.05) is 6.54 Å². The van der Waals surface area contributed by atoms with Gasteiger partial charge in [-0.25, -0.2) is 8.42 Å². The lowest BCUT2D eigenvalue weighted by atomic mass is 10.0. The average molecular weight is 522 g/mol. The molecule has 2 aromatic carbocycles. The molecule has 9 heteroatoms. The Labute approximate surface area is 217 Å². The van der Waals surface area contributed by atoms with Crippen LogP contribution in [0.5, 0.6) is 0 Å². The van der Waals surface area contributed by atoms with Crippen molar-refractivity contribution >= 4 is 21.9 Å². The van der Waals surface area contributed by atoms with Crippen molar-refractivity contribution in [3.8, 4) is 0 Å². The molecular formula is C28H31N3O5S. The Kier molecular flexibility index (Phi) is 9.03. The van der Waals surface area contributed by atoms with Crippen LogP contribution in [0.3, 0.4) is 0 Å². The van der Waals surface area contributed by atoms with Crippen LogP contribution in [0.2, 0.25) is 0 Å². The van der Waals surface area contributed by atoms with Gasteiger partial charge in [-0.1, -0.05) is 66.7 Å². The molecule has 1 aromatic heterocycles. The molecular weight excluding hydrogens is 490 g/mol. The number of sulfonamides is 1. The largest absolute Gasteiger partial charge is 0.451 e. The van der Waals surface area contributed by atoms with Gasteiger partial charge in [-0.3, -0.25) is 14.6 Å². The molecule has 0 aliphatic carbocycles. The van der Waals surface area contributed by atoms with Gasteiger partial charge in [-0.2, -0.15) is 4.31 Å². The van der Waals surface area contributed by atoms with Crippen molar-refractivity contribution in [1.82, 2.24) is 14.6 Å². The van der Waals surface area contributed by atoms with Gasteiger partial charge in [0.25, 0.3) is 5.91 Å². The average Bonchev–Trinajstić information content (AvgIpc) is 2.93. The van der Waals surface area contributed by atoms with Gasteiger partial charge in [0.15, 0.2) is 6.10 Å². The molecule has 1 saturated heterocycles. The number of piperidine rings is 1. The normalized spacial score (nSPS) is 17.0. The molecule has 1 amide bonds. The Bertz CT molecular complexity index is 1270. The van der Waals surface area contributed by atoms with Crippen LogP contribution in [-0.2, 0) is 43.1 Å². The predicted molar refractivity (Wildman–Crippen MR) is 140 cm³/mol. The van der Waals surface area contributed by atoms with E-state index in [1.54, 1.807) is 42.7 Å². The molecule has 0 unspecified atom stereocenters. The second-order valence-corrected chi connectivity index (χ2v) is 11.0. The number of carbonyl (C=O) groups excluding carboxylic acids is 2. The summed E-state index contributed by atoms with van der Waals surface area (Å²) in [5.41, 5.74) is 2.29. The summed E-state index contributed by atoms with van der Waals surface area (Å²) in [6, 6.07) is 20.8. The van der Waals surface area contributed by atoms with E-state index < -0.39 is 34.0 Å². The Morgan fingerprint density at radius 1 is 0.946 bits per heavy atom. The summed E-state index contributed by atoms with van der Waals surface area (Å²) in [7, 11) is -3.77. The highest BCUT2D eigenvalue weighted by Gasteiger charge is 2.39. The number of rotatable bonds is 10. The zero-order chi connectivity index (χ0) is 26.1. The lowest BCUT2D eigenvalue weighted by Crippen LogP contribution is -2.51. The Hall–Kier alpha value is -3.56. The van der Waals surface area contributed by atoms with E-state index in [1.165, 1.54) is 4.31 Å². The number of amides is 1. The third-order valence-corrected chi connectivity index (χ3v) is 8.13. The molecule has 0 saturated carbocycles. The number of hydrogen-bond donors (Lipinski definition) is 1. The smallest absolute Gasteiger partial charge is 0.325 e. The molecule has 0 spiro atoms. The van der Waals surface area contributed by atoms with Crippen molar-refractivity contribution in [2.24, 2.45) is 0 Å². The third-order valence-electron chi connectivity index (χ3n) is 6.28. The lowest BCUT2D eigenvalue weighted by molar-refractivity contribution is -0.160. The molecule has 3 aromatic rings. The maximum absolute atomic E-state index is 13.4. The zero-order valence-corrected chi connectivity index (χ0v) is 21.3. The SMILES string of the molecule is O=C(NCc1cccnc1)[C@H](Cc1ccccc1)OC(=O)[C@@H]1CCCCN1S(=O)(=O)Cc1ccccc1. The van der Waals surface area contributed by atoms with Crippen LogP contribution < -0.4 is 5.32 Å². The highest BCUT2D eigenvalue weighted by Crippen LogP contribution is 2.25. The van der Waals surface area contributed by atoms with Crippen LogP contribution in [0.4, 0.5) is 0 Å². The van der Waals surface area contributed by atoms with Gasteiger partial charge in [0.1, 0.15) is 6.04 Å². The van der Waals surface area contributed by atoms with Crippen molar-refractivity contribution in [1.29, 1.82) is 0 Å².